The number of anilines is 1. The Morgan fingerprint density at radius 3 is 2.52 bits per heavy atom. The number of rotatable bonds is 6. The minimum Gasteiger partial charge on any atom is -0.354 e. The van der Waals surface area contributed by atoms with Gasteiger partial charge < -0.3 is 10.2 Å². The fourth-order valence-electron chi connectivity index (χ4n) is 4.03. The summed E-state index contributed by atoms with van der Waals surface area (Å²) in [6.45, 7) is 8.64. The molecule has 3 aromatic rings. The first-order chi connectivity index (χ1) is 15.7. The van der Waals surface area contributed by atoms with Crippen molar-refractivity contribution in [3.8, 4) is 5.82 Å². The third kappa shape index (κ3) is 4.72. The number of hydrogen-bond acceptors (Lipinski definition) is 5. The van der Waals surface area contributed by atoms with Crippen LogP contribution in [-0.2, 0) is 16.1 Å². The molecule has 0 saturated carbocycles. The highest BCUT2D eigenvalue weighted by atomic mass is 16.2. The maximum Gasteiger partial charge on any atom is 0.266 e. The molecule has 1 N–H and O–H groups in total. The lowest BCUT2D eigenvalue weighted by molar-refractivity contribution is -0.126. The molecule has 0 radical (unpaired) electrons. The molecule has 172 valence electrons. The lowest BCUT2D eigenvalue weighted by Crippen LogP contribution is -2.36. The SMILES string of the molecule is Cc1cc(C)n(-c2ccc(=O)n(CCNC(=O)[C@H]3CC(=O)N(c4ccc(C)c(C)c4)C3)n2)n1. The molecule has 1 aromatic carbocycles. The maximum absolute atomic E-state index is 12.7. The van der Waals surface area contributed by atoms with Crippen molar-refractivity contribution >= 4 is 17.5 Å². The average Bonchev–Trinajstić information content (AvgIpc) is 3.33. The van der Waals surface area contributed by atoms with Gasteiger partial charge in [0.15, 0.2) is 5.82 Å². The van der Waals surface area contributed by atoms with Crippen LogP contribution in [0.3, 0.4) is 0 Å². The molecule has 2 amide bonds. The minimum absolute atomic E-state index is 0.0612. The zero-order valence-corrected chi connectivity index (χ0v) is 19.3. The van der Waals surface area contributed by atoms with Crippen molar-refractivity contribution in [2.24, 2.45) is 5.92 Å². The van der Waals surface area contributed by atoms with Crippen LogP contribution in [0, 0.1) is 33.6 Å². The Morgan fingerprint density at radius 1 is 1.03 bits per heavy atom. The normalized spacial score (nSPS) is 15.8. The average molecular weight is 449 g/mol. The largest absolute Gasteiger partial charge is 0.354 e. The Balaban J connectivity index is 1.37. The highest BCUT2D eigenvalue weighted by Gasteiger charge is 2.35. The summed E-state index contributed by atoms with van der Waals surface area (Å²) in [7, 11) is 0. The fourth-order valence-corrected chi connectivity index (χ4v) is 4.03. The van der Waals surface area contributed by atoms with Crippen LogP contribution in [0.25, 0.3) is 5.82 Å². The second kappa shape index (κ2) is 9.01. The molecule has 9 heteroatoms. The highest BCUT2D eigenvalue weighted by Crippen LogP contribution is 2.26. The molecule has 1 fully saturated rings. The Morgan fingerprint density at radius 2 is 1.82 bits per heavy atom. The van der Waals surface area contributed by atoms with Crippen LogP contribution in [0.5, 0.6) is 0 Å². The summed E-state index contributed by atoms with van der Waals surface area (Å²) in [5.41, 5.74) is 4.60. The second-order valence-electron chi connectivity index (χ2n) is 8.56. The van der Waals surface area contributed by atoms with E-state index in [0.717, 1.165) is 28.2 Å². The monoisotopic (exact) mass is 448 g/mol. The summed E-state index contributed by atoms with van der Waals surface area (Å²) in [6.07, 6.45) is 0.171. The molecular weight excluding hydrogens is 420 g/mol. The van der Waals surface area contributed by atoms with Gasteiger partial charge in [-0.25, -0.2) is 9.36 Å². The van der Waals surface area contributed by atoms with E-state index in [1.54, 1.807) is 15.6 Å². The maximum atomic E-state index is 12.7. The first-order valence-electron chi connectivity index (χ1n) is 11.0. The van der Waals surface area contributed by atoms with Crippen molar-refractivity contribution in [2.75, 3.05) is 18.0 Å². The Labute approximate surface area is 192 Å². The van der Waals surface area contributed by atoms with E-state index in [4.69, 9.17) is 0 Å². The number of amides is 2. The standard InChI is InChI=1S/C24H28N6O3/c1-15-5-6-20(11-16(15)2)28-14-19(13-23(28)32)24(33)25-9-10-29-22(31)8-7-21(27-29)30-18(4)12-17(3)26-30/h5-8,11-12,19H,9-10,13-14H2,1-4H3,(H,25,33)/t19-/m0/s1. The molecule has 3 heterocycles. The van der Waals surface area contributed by atoms with Crippen molar-refractivity contribution < 1.29 is 9.59 Å². The lowest BCUT2D eigenvalue weighted by Gasteiger charge is -2.18. The molecule has 0 aliphatic carbocycles. The van der Waals surface area contributed by atoms with Gasteiger partial charge in [-0.05, 0) is 63.1 Å². The first kappa shape index (κ1) is 22.4. The van der Waals surface area contributed by atoms with Crippen molar-refractivity contribution in [3.63, 3.8) is 0 Å². The number of hydrogen-bond donors (Lipinski definition) is 1. The third-order valence-corrected chi connectivity index (χ3v) is 6.00. The van der Waals surface area contributed by atoms with Gasteiger partial charge in [0.25, 0.3) is 5.56 Å². The van der Waals surface area contributed by atoms with Crippen molar-refractivity contribution in [3.05, 3.63) is 69.3 Å². The Bertz CT molecular complexity index is 1280. The van der Waals surface area contributed by atoms with Gasteiger partial charge in [0, 0.05) is 37.0 Å². The van der Waals surface area contributed by atoms with Crippen LogP contribution >= 0.6 is 0 Å². The number of aromatic nitrogens is 4. The van der Waals surface area contributed by atoms with Gasteiger partial charge in [-0.3, -0.25) is 14.4 Å². The highest BCUT2D eigenvalue weighted by molar-refractivity contribution is 6.00. The van der Waals surface area contributed by atoms with E-state index in [1.165, 1.54) is 10.7 Å². The molecule has 0 bridgehead atoms. The molecular formula is C24H28N6O3. The molecule has 0 unspecified atom stereocenters. The van der Waals surface area contributed by atoms with Gasteiger partial charge in [0.2, 0.25) is 11.8 Å². The Kier molecular flexibility index (Phi) is 6.13. The number of carbonyl (C=O) groups excluding carboxylic acids is 2. The van der Waals surface area contributed by atoms with E-state index in [-0.39, 0.29) is 36.9 Å². The summed E-state index contributed by atoms with van der Waals surface area (Å²) in [5.74, 6) is -0.145. The smallest absolute Gasteiger partial charge is 0.266 e. The molecule has 4 rings (SSSR count). The van der Waals surface area contributed by atoms with E-state index in [0.29, 0.717) is 12.4 Å². The quantitative estimate of drug-likeness (QED) is 0.620. The summed E-state index contributed by atoms with van der Waals surface area (Å²) >= 11 is 0. The number of benzene rings is 1. The molecule has 0 spiro atoms. The van der Waals surface area contributed by atoms with E-state index in [1.807, 2.05) is 52.0 Å². The lowest BCUT2D eigenvalue weighted by atomic mass is 10.1. The molecule has 1 aliphatic heterocycles. The van der Waals surface area contributed by atoms with Crippen molar-refractivity contribution in [1.82, 2.24) is 24.9 Å². The fraction of sp³-hybridized carbons (Fsp3) is 0.375. The van der Waals surface area contributed by atoms with Crippen molar-refractivity contribution in [1.29, 1.82) is 0 Å². The molecule has 1 aliphatic rings. The van der Waals surface area contributed by atoms with Crippen LogP contribution in [0.4, 0.5) is 5.69 Å². The topological polar surface area (TPSA) is 102 Å². The van der Waals surface area contributed by atoms with Gasteiger partial charge in [-0.1, -0.05) is 6.07 Å². The predicted octanol–water partition coefficient (Wildman–Crippen LogP) is 1.83. The van der Waals surface area contributed by atoms with Gasteiger partial charge in [-0.15, -0.1) is 5.10 Å². The van der Waals surface area contributed by atoms with Crippen LogP contribution in [0.2, 0.25) is 0 Å². The van der Waals surface area contributed by atoms with Crippen LogP contribution < -0.4 is 15.8 Å². The van der Waals surface area contributed by atoms with E-state index >= 15 is 0 Å². The molecule has 33 heavy (non-hydrogen) atoms. The van der Waals surface area contributed by atoms with Crippen LogP contribution in [-0.4, -0.2) is 44.5 Å². The number of aryl methyl sites for hydroxylation is 4. The van der Waals surface area contributed by atoms with Crippen LogP contribution in [0.15, 0.2) is 41.2 Å². The zero-order valence-electron chi connectivity index (χ0n) is 19.3. The summed E-state index contributed by atoms with van der Waals surface area (Å²) in [6, 6.07) is 10.9. The molecule has 1 saturated heterocycles. The van der Waals surface area contributed by atoms with Gasteiger partial charge in [0.1, 0.15) is 0 Å². The van der Waals surface area contributed by atoms with E-state index in [9.17, 15) is 14.4 Å². The number of nitrogens with zero attached hydrogens (tertiary/aromatic N) is 5. The Hall–Kier alpha value is -3.75. The van der Waals surface area contributed by atoms with E-state index in [2.05, 4.69) is 15.5 Å². The van der Waals surface area contributed by atoms with Crippen LogP contribution in [0.1, 0.15) is 28.9 Å². The minimum atomic E-state index is -0.426. The van der Waals surface area contributed by atoms with Crippen molar-refractivity contribution in [2.45, 2.75) is 40.7 Å². The van der Waals surface area contributed by atoms with Gasteiger partial charge >= 0.3 is 0 Å². The van der Waals surface area contributed by atoms with E-state index < -0.39 is 5.92 Å². The summed E-state index contributed by atoms with van der Waals surface area (Å²) in [5, 5.41) is 11.6. The summed E-state index contributed by atoms with van der Waals surface area (Å²) < 4.78 is 2.99. The number of nitrogens with one attached hydrogen (secondary N) is 1. The predicted molar refractivity (Wildman–Crippen MR) is 124 cm³/mol. The zero-order chi connectivity index (χ0) is 23.7. The summed E-state index contributed by atoms with van der Waals surface area (Å²) in [4.78, 5) is 39.1. The first-order valence-corrected chi connectivity index (χ1v) is 11.0. The van der Waals surface area contributed by atoms with Gasteiger partial charge in [0.05, 0.1) is 18.2 Å². The van der Waals surface area contributed by atoms with Gasteiger partial charge in [-0.2, -0.15) is 5.10 Å². The molecule has 9 nitrogen and oxygen atoms in total. The third-order valence-electron chi connectivity index (χ3n) is 6.00. The second-order valence-corrected chi connectivity index (χ2v) is 8.56. The molecule has 2 aromatic heterocycles. The molecule has 1 atom stereocenters. The number of carbonyl (C=O) groups is 2.